The molecule has 4 heteroatoms. The van der Waals surface area contributed by atoms with Crippen LogP contribution in [-0.4, -0.2) is 24.2 Å². The van der Waals surface area contributed by atoms with Gasteiger partial charge in [0.15, 0.2) is 0 Å². The lowest BCUT2D eigenvalue weighted by atomic mass is 10.1. The predicted octanol–water partition coefficient (Wildman–Crippen LogP) is 2.81. The van der Waals surface area contributed by atoms with Gasteiger partial charge in [-0.2, -0.15) is 0 Å². The summed E-state index contributed by atoms with van der Waals surface area (Å²) in [4.78, 5) is 12.7. The lowest BCUT2D eigenvalue weighted by molar-refractivity contribution is -0.140. The van der Waals surface area contributed by atoms with E-state index in [2.05, 4.69) is 5.92 Å². The normalized spacial score (nSPS) is 11.7. The second-order valence-electron chi connectivity index (χ2n) is 4.26. The summed E-state index contributed by atoms with van der Waals surface area (Å²) in [7, 11) is 0. The first kappa shape index (κ1) is 14.4. The van der Waals surface area contributed by atoms with E-state index in [-0.39, 0.29) is 0 Å². The molecule has 0 radical (unpaired) electrons. The molecule has 1 aromatic carbocycles. The lowest BCUT2D eigenvalue weighted by Crippen LogP contribution is -2.32. The zero-order valence-corrected chi connectivity index (χ0v) is 11.2. The molecule has 0 aliphatic heterocycles. The SMILES string of the molecule is C#CCN(CC(C)C(=O)O)c1ccc(C)c(Cl)c1. The van der Waals surface area contributed by atoms with Crippen molar-refractivity contribution < 1.29 is 9.90 Å². The van der Waals surface area contributed by atoms with E-state index in [1.807, 2.05) is 30.0 Å². The van der Waals surface area contributed by atoms with Crippen LogP contribution in [0.4, 0.5) is 5.69 Å². The van der Waals surface area contributed by atoms with Crippen molar-refractivity contribution >= 4 is 23.3 Å². The summed E-state index contributed by atoms with van der Waals surface area (Å²) in [6.07, 6.45) is 5.31. The van der Waals surface area contributed by atoms with Crippen molar-refractivity contribution in [1.82, 2.24) is 0 Å². The Morgan fingerprint density at radius 2 is 2.28 bits per heavy atom. The average Bonchev–Trinajstić information content (AvgIpc) is 2.32. The Bertz CT molecular complexity index is 479. The van der Waals surface area contributed by atoms with Crippen molar-refractivity contribution in [2.45, 2.75) is 13.8 Å². The molecule has 0 spiro atoms. The largest absolute Gasteiger partial charge is 0.481 e. The van der Waals surface area contributed by atoms with Gasteiger partial charge in [0.2, 0.25) is 0 Å². The molecule has 0 saturated heterocycles. The fraction of sp³-hybridized carbons (Fsp3) is 0.357. The average molecular weight is 266 g/mol. The molecule has 0 aliphatic rings. The maximum atomic E-state index is 10.9. The second kappa shape index (κ2) is 6.32. The number of aryl methyl sites for hydroxylation is 1. The minimum absolute atomic E-state index is 0.358. The number of carboxylic acids is 1. The minimum atomic E-state index is -0.838. The summed E-state index contributed by atoms with van der Waals surface area (Å²) in [5.41, 5.74) is 1.82. The molecule has 1 N–H and O–H groups in total. The van der Waals surface area contributed by atoms with Crippen molar-refractivity contribution in [3.05, 3.63) is 28.8 Å². The number of aliphatic carboxylic acids is 1. The number of halogens is 1. The smallest absolute Gasteiger partial charge is 0.308 e. The van der Waals surface area contributed by atoms with Crippen LogP contribution in [0.2, 0.25) is 5.02 Å². The van der Waals surface area contributed by atoms with Crippen molar-refractivity contribution in [3.8, 4) is 12.3 Å². The number of carboxylic acid groups (broad SMARTS) is 1. The van der Waals surface area contributed by atoms with Crippen LogP contribution in [0, 0.1) is 25.2 Å². The molecule has 1 rings (SSSR count). The molecule has 0 fully saturated rings. The monoisotopic (exact) mass is 265 g/mol. The van der Waals surface area contributed by atoms with E-state index >= 15 is 0 Å². The first-order chi connectivity index (χ1) is 8.45. The summed E-state index contributed by atoms with van der Waals surface area (Å²) >= 11 is 6.06. The summed E-state index contributed by atoms with van der Waals surface area (Å²) in [5.74, 6) is 1.21. The standard InChI is InChI=1S/C14H16ClNO2/c1-4-7-16(9-11(3)14(17)18)12-6-5-10(2)13(15)8-12/h1,5-6,8,11H,7,9H2,2-3H3,(H,17,18). The maximum Gasteiger partial charge on any atom is 0.308 e. The van der Waals surface area contributed by atoms with E-state index in [0.717, 1.165) is 11.3 Å². The van der Waals surface area contributed by atoms with E-state index in [9.17, 15) is 4.79 Å². The Morgan fingerprint density at radius 1 is 1.61 bits per heavy atom. The van der Waals surface area contributed by atoms with Crippen LogP contribution in [-0.2, 0) is 4.79 Å². The van der Waals surface area contributed by atoms with Crippen molar-refractivity contribution in [2.75, 3.05) is 18.0 Å². The van der Waals surface area contributed by atoms with Crippen LogP contribution in [0.1, 0.15) is 12.5 Å². The van der Waals surface area contributed by atoms with Gasteiger partial charge < -0.3 is 10.0 Å². The number of hydrogen-bond donors (Lipinski definition) is 1. The molecule has 0 bridgehead atoms. The number of hydrogen-bond acceptors (Lipinski definition) is 2. The van der Waals surface area contributed by atoms with Crippen LogP contribution in [0.5, 0.6) is 0 Å². The van der Waals surface area contributed by atoms with Crippen LogP contribution in [0.15, 0.2) is 18.2 Å². The van der Waals surface area contributed by atoms with Crippen LogP contribution in [0.3, 0.4) is 0 Å². The third kappa shape index (κ3) is 3.68. The Morgan fingerprint density at radius 3 is 2.78 bits per heavy atom. The third-order valence-electron chi connectivity index (χ3n) is 2.72. The fourth-order valence-electron chi connectivity index (χ4n) is 1.56. The highest BCUT2D eigenvalue weighted by molar-refractivity contribution is 6.31. The molecule has 1 unspecified atom stereocenters. The van der Waals surface area contributed by atoms with Crippen LogP contribution in [0.25, 0.3) is 0 Å². The summed E-state index contributed by atoms with van der Waals surface area (Å²) in [6.45, 7) is 4.29. The van der Waals surface area contributed by atoms with Gasteiger partial charge in [-0.05, 0) is 24.6 Å². The molecule has 0 aliphatic carbocycles. The van der Waals surface area contributed by atoms with Gasteiger partial charge in [-0.1, -0.05) is 30.5 Å². The molecular weight excluding hydrogens is 250 g/mol. The van der Waals surface area contributed by atoms with E-state index in [0.29, 0.717) is 18.1 Å². The molecule has 3 nitrogen and oxygen atoms in total. The highest BCUT2D eigenvalue weighted by atomic mass is 35.5. The molecule has 18 heavy (non-hydrogen) atoms. The highest BCUT2D eigenvalue weighted by Gasteiger charge is 2.16. The Kier molecular flexibility index (Phi) is 5.06. The number of carbonyl (C=O) groups is 1. The van der Waals surface area contributed by atoms with Crippen molar-refractivity contribution in [1.29, 1.82) is 0 Å². The van der Waals surface area contributed by atoms with Crippen molar-refractivity contribution in [3.63, 3.8) is 0 Å². The van der Waals surface area contributed by atoms with Gasteiger partial charge >= 0.3 is 5.97 Å². The summed E-state index contributed by atoms with van der Waals surface area (Å²) < 4.78 is 0. The molecule has 1 aromatic rings. The summed E-state index contributed by atoms with van der Waals surface area (Å²) in [5, 5.41) is 9.59. The number of terminal acetylenes is 1. The number of benzene rings is 1. The summed E-state index contributed by atoms with van der Waals surface area (Å²) in [6, 6.07) is 5.60. The Labute approximate surface area is 112 Å². The van der Waals surface area contributed by atoms with E-state index in [1.165, 1.54) is 0 Å². The molecule has 0 aromatic heterocycles. The topological polar surface area (TPSA) is 40.5 Å². The molecule has 0 saturated carbocycles. The van der Waals surface area contributed by atoms with E-state index in [4.69, 9.17) is 23.1 Å². The second-order valence-corrected chi connectivity index (χ2v) is 4.66. The number of anilines is 1. The minimum Gasteiger partial charge on any atom is -0.481 e. The van der Waals surface area contributed by atoms with Gasteiger partial charge in [0.05, 0.1) is 12.5 Å². The molecule has 0 heterocycles. The van der Waals surface area contributed by atoms with Crippen molar-refractivity contribution in [2.24, 2.45) is 5.92 Å². The third-order valence-corrected chi connectivity index (χ3v) is 3.13. The van der Waals surface area contributed by atoms with E-state index in [1.54, 1.807) is 6.92 Å². The maximum absolute atomic E-state index is 10.9. The van der Waals surface area contributed by atoms with E-state index < -0.39 is 11.9 Å². The Balaban J connectivity index is 2.94. The van der Waals surface area contributed by atoms with Gasteiger partial charge in [0.25, 0.3) is 0 Å². The van der Waals surface area contributed by atoms with Gasteiger partial charge in [-0.15, -0.1) is 6.42 Å². The lowest BCUT2D eigenvalue weighted by Gasteiger charge is -2.24. The molecule has 96 valence electrons. The zero-order valence-electron chi connectivity index (χ0n) is 10.5. The van der Waals surface area contributed by atoms with Crippen LogP contribution >= 0.6 is 11.6 Å². The van der Waals surface area contributed by atoms with Gasteiger partial charge in [-0.25, -0.2) is 0 Å². The fourth-order valence-corrected chi connectivity index (χ4v) is 1.73. The van der Waals surface area contributed by atoms with Gasteiger partial charge in [0, 0.05) is 17.3 Å². The number of nitrogens with zero attached hydrogens (tertiary/aromatic N) is 1. The molecular formula is C14H16ClNO2. The first-order valence-electron chi connectivity index (χ1n) is 5.63. The Hall–Kier alpha value is -1.66. The zero-order chi connectivity index (χ0) is 13.7. The number of rotatable bonds is 5. The predicted molar refractivity (Wildman–Crippen MR) is 74.0 cm³/mol. The highest BCUT2D eigenvalue weighted by Crippen LogP contribution is 2.23. The van der Waals surface area contributed by atoms with Gasteiger partial charge in [-0.3, -0.25) is 4.79 Å². The quantitative estimate of drug-likeness (QED) is 0.833. The first-order valence-corrected chi connectivity index (χ1v) is 6.01. The van der Waals surface area contributed by atoms with Gasteiger partial charge in [0.1, 0.15) is 0 Å². The van der Waals surface area contributed by atoms with Crippen LogP contribution < -0.4 is 4.90 Å². The molecule has 0 amide bonds. The molecule has 1 atom stereocenters.